The fourth-order valence-electron chi connectivity index (χ4n) is 4.05. The van der Waals surface area contributed by atoms with E-state index in [4.69, 9.17) is 0 Å². The summed E-state index contributed by atoms with van der Waals surface area (Å²) >= 11 is 0. The molecule has 0 aromatic carbocycles. The molecule has 0 amide bonds. The lowest BCUT2D eigenvalue weighted by atomic mass is 9.97. The van der Waals surface area contributed by atoms with Crippen LogP contribution < -0.4 is 10.6 Å². The van der Waals surface area contributed by atoms with Gasteiger partial charge < -0.3 is 20.7 Å². The number of aliphatic hydroxyl groups is 1. The summed E-state index contributed by atoms with van der Waals surface area (Å²) in [6, 6.07) is 3.77. The molecule has 3 heterocycles. The molecule has 26 heavy (non-hydrogen) atoms. The summed E-state index contributed by atoms with van der Waals surface area (Å²) in [5.74, 6) is 0.221. The van der Waals surface area contributed by atoms with Crippen molar-refractivity contribution in [3.05, 3.63) is 35.2 Å². The van der Waals surface area contributed by atoms with Gasteiger partial charge in [0.25, 0.3) is 0 Å². The number of nitriles is 1. The van der Waals surface area contributed by atoms with Gasteiger partial charge in [0, 0.05) is 30.9 Å². The number of pyridine rings is 1. The van der Waals surface area contributed by atoms with Crippen LogP contribution in [0.3, 0.4) is 0 Å². The summed E-state index contributed by atoms with van der Waals surface area (Å²) in [6.07, 6.45) is 4.21. The highest BCUT2D eigenvalue weighted by atomic mass is 16.3. The Morgan fingerprint density at radius 3 is 3.15 bits per heavy atom. The molecule has 0 unspecified atom stereocenters. The molecule has 0 saturated carbocycles. The van der Waals surface area contributed by atoms with Crippen LogP contribution in [0.1, 0.15) is 25.3 Å². The van der Waals surface area contributed by atoms with Crippen molar-refractivity contribution in [1.82, 2.24) is 15.3 Å². The van der Waals surface area contributed by atoms with Crippen LogP contribution in [0.15, 0.2) is 29.6 Å². The molecule has 0 bridgehead atoms. The minimum atomic E-state index is -0.951. The summed E-state index contributed by atoms with van der Waals surface area (Å²) in [4.78, 5) is 19.5. The van der Waals surface area contributed by atoms with E-state index >= 15 is 0 Å². The van der Waals surface area contributed by atoms with Gasteiger partial charge in [0.15, 0.2) is 5.78 Å². The SMILES string of the molecule is C[C@H](O)C(=O)[C@@H]1NCC2=C1C[C@H](CNc1c(C#N)cnc3[nH]ccc13)C2. The molecule has 3 atom stereocenters. The van der Waals surface area contributed by atoms with Gasteiger partial charge >= 0.3 is 0 Å². The molecule has 4 N–H and O–H groups in total. The number of ketones is 1. The van der Waals surface area contributed by atoms with Crippen LogP contribution in [-0.2, 0) is 4.79 Å². The van der Waals surface area contributed by atoms with Gasteiger partial charge in [0.2, 0.25) is 0 Å². The summed E-state index contributed by atoms with van der Waals surface area (Å²) in [6.45, 7) is 2.96. The number of aromatic nitrogens is 2. The zero-order valence-electron chi connectivity index (χ0n) is 14.5. The van der Waals surface area contributed by atoms with Gasteiger partial charge in [-0.05, 0) is 37.3 Å². The maximum Gasteiger partial charge on any atom is 0.181 e. The lowest BCUT2D eigenvalue weighted by Gasteiger charge is -2.19. The fourth-order valence-corrected chi connectivity index (χ4v) is 4.05. The summed E-state index contributed by atoms with van der Waals surface area (Å²) in [7, 11) is 0. The number of fused-ring (bicyclic) bond motifs is 1. The first-order valence-corrected chi connectivity index (χ1v) is 8.84. The Hall–Kier alpha value is -2.69. The Balaban J connectivity index is 1.46. The molecule has 0 spiro atoms. The molecule has 2 aliphatic rings. The van der Waals surface area contributed by atoms with Crippen molar-refractivity contribution in [2.45, 2.75) is 31.9 Å². The number of nitrogens with one attached hydrogen (secondary N) is 3. The Bertz CT molecular complexity index is 937. The van der Waals surface area contributed by atoms with Gasteiger partial charge in [-0.15, -0.1) is 0 Å². The van der Waals surface area contributed by atoms with Crippen LogP contribution in [-0.4, -0.2) is 46.1 Å². The third kappa shape index (κ3) is 2.77. The number of carbonyl (C=O) groups is 1. The standard InChI is InChI=1S/C19H21N5O2/c1-10(25)18(26)17-15-5-11(4-12(15)8-23-17)7-22-16-13(6-20)9-24-19-14(16)2-3-21-19/h2-3,9-11,17,23,25H,4-5,7-8H2,1H3,(H2,21,22,24)/t10-,11+,17+/m0/s1. The van der Waals surface area contributed by atoms with Crippen LogP contribution in [0, 0.1) is 17.2 Å². The molecule has 2 aromatic rings. The molecule has 1 aliphatic heterocycles. The van der Waals surface area contributed by atoms with E-state index in [1.54, 1.807) is 6.20 Å². The second kappa shape index (κ2) is 6.56. The highest BCUT2D eigenvalue weighted by Gasteiger charge is 2.37. The number of hydrogen-bond donors (Lipinski definition) is 4. The molecular formula is C19H21N5O2. The number of carbonyl (C=O) groups excluding carboxylic acids is 1. The van der Waals surface area contributed by atoms with Crippen molar-refractivity contribution >= 4 is 22.5 Å². The average Bonchev–Trinajstić information content (AvgIpc) is 3.33. The van der Waals surface area contributed by atoms with E-state index in [1.807, 2.05) is 12.3 Å². The third-order valence-corrected chi connectivity index (χ3v) is 5.34. The van der Waals surface area contributed by atoms with Gasteiger partial charge in [-0.3, -0.25) is 4.79 Å². The molecule has 1 aliphatic carbocycles. The first-order valence-electron chi connectivity index (χ1n) is 8.84. The maximum atomic E-state index is 12.2. The Morgan fingerprint density at radius 2 is 2.38 bits per heavy atom. The van der Waals surface area contributed by atoms with Crippen LogP contribution in [0.4, 0.5) is 5.69 Å². The normalized spacial score (nSPS) is 23.1. The quantitative estimate of drug-likeness (QED) is 0.607. The molecule has 134 valence electrons. The monoisotopic (exact) mass is 351 g/mol. The van der Waals surface area contributed by atoms with Gasteiger partial charge in [-0.2, -0.15) is 5.26 Å². The zero-order valence-corrected chi connectivity index (χ0v) is 14.5. The highest BCUT2D eigenvalue weighted by Crippen LogP contribution is 2.37. The van der Waals surface area contributed by atoms with E-state index in [1.165, 1.54) is 12.5 Å². The average molecular weight is 351 g/mol. The molecule has 0 fully saturated rings. The number of H-pyrrole nitrogens is 1. The van der Waals surface area contributed by atoms with E-state index in [9.17, 15) is 15.2 Å². The van der Waals surface area contributed by atoms with Crippen molar-refractivity contribution in [1.29, 1.82) is 5.26 Å². The van der Waals surface area contributed by atoms with E-state index in [0.717, 1.165) is 48.2 Å². The minimum absolute atomic E-state index is 0.154. The number of nitrogens with zero attached hydrogens (tertiary/aromatic N) is 2. The molecule has 0 saturated heterocycles. The van der Waals surface area contributed by atoms with E-state index < -0.39 is 6.10 Å². The molecule has 4 rings (SSSR count). The van der Waals surface area contributed by atoms with Crippen LogP contribution in [0.5, 0.6) is 0 Å². The van der Waals surface area contributed by atoms with Crippen LogP contribution >= 0.6 is 0 Å². The molecular weight excluding hydrogens is 330 g/mol. The first-order chi connectivity index (χ1) is 12.6. The smallest absolute Gasteiger partial charge is 0.181 e. The number of rotatable bonds is 5. The molecule has 2 aromatic heterocycles. The number of Topliss-reactive ketones (excluding diaryl/α,β-unsaturated/α-hetero) is 1. The Kier molecular flexibility index (Phi) is 4.23. The Labute approximate surface area is 151 Å². The van der Waals surface area contributed by atoms with Crippen LogP contribution in [0.25, 0.3) is 11.0 Å². The van der Waals surface area contributed by atoms with Crippen molar-refractivity contribution in [3.63, 3.8) is 0 Å². The van der Waals surface area contributed by atoms with Crippen molar-refractivity contribution in [2.75, 3.05) is 18.4 Å². The van der Waals surface area contributed by atoms with Gasteiger partial charge in [0.1, 0.15) is 17.8 Å². The van der Waals surface area contributed by atoms with Crippen LogP contribution in [0.2, 0.25) is 0 Å². The van der Waals surface area contributed by atoms with Crippen molar-refractivity contribution in [3.8, 4) is 6.07 Å². The second-order valence-electron chi connectivity index (χ2n) is 7.07. The maximum absolute atomic E-state index is 12.2. The largest absolute Gasteiger partial charge is 0.386 e. The van der Waals surface area contributed by atoms with Gasteiger partial charge in [0.05, 0.1) is 17.3 Å². The van der Waals surface area contributed by atoms with E-state index in [2.05, 4.69) is 26.7 Å². The summed E-state index contributed by atoms with van der Waals surface area (Å²) in [5.41, 5.74) is 4.52. The minimum Gasteiger partial charge on any atom is -0.386 e. The number of hydrogen-bond acceptors (Lipinski definition) is 6. The predicted molar refractivity (Wildman–Crippen MR) is 97.5 cm³/mol. The highest BCUT2D eigenvalue weighted by molar-refractivity contribution is 5.92. The first kappa shape index (κ1) is 16.8. The number of aromatic amines is 1. The Morgan fingerprint density at radius 1 is 1.54 bits per heavy atom. The van der Waals surface area contributed by atoms with Gasteiger partial charge in [-0.25, -0.2) is 4.98 Å². The predicted octanol–water partition coefficient (Wildman–Crippen LogP) is 1.47. The topological polar surface area (TPSA) is 114 Å². The lowest BCUT2D eigenvalue weighted by Crippen LogP contribution is -2.40. The van der Waals surface area contributed by atoms with E-state index in [0.29, 0.717) is 11.5 Å². The summed E-state index contributed by atoms with van der Waals surface area (Å²) < 4.78 is 0. The summed E-state index contributed by atoms with van der Waals surface area (Å²) in [5, 5.41) is 26.5. The van der Waals surface area contributed by atoms with E-state index in [-0.39, 0.29) is 11.8 Å². The van der Waals surface area contributed by atoms with Crippen molar-refractivity contribution < 1.29 is 9.90 Å². The number of aliphatic hydroxyl groups excluding tert-OH is 1. The van der Waals surface area contributed by atoms with Crippen molar-refractivity contribution in [2.24, 2.45) is 5.92 Å². The zero-order chi connectivity index (χ0) is 18.3. The van der Waals surface area contributed by atoms with Gasteiger partial charge in [-0.1, -0.05) is 5.57 Å². The fraction of sp³-hybridized carbons (Fsp3) is 0.421. The molecule has 7 heteroatoms. The molecule has 7 nitrogen and oxygen atoms in total. The third-order valence-electron chi connectivity index (χ3n) is 5.34. The second-order valence-corrected chi connectivity index (χ2v) is 7.07. The molecule has 0 radical (unpaired) electrons. The lowest BCUT2D eigenvalue weighted by molar-refractivity contribution is -0.127. The number of anilines is 1.